The summed E-state index contributed by atoms with van der Waals surface area (Å²) in [6, 6.07) is 12.3. The number of aliphatic hydroxyl groups excluding tert-OH is 2. The normalized spacial score (nSPS) is 21.7. The first kappa shape index (κ1) is 24.0. The fraction of sp³-hybridized carbons (Fsp3) is 0.296. The zero-order valence-electron chi connectivity index (χ0n) is 19.6. The molecule has 36 heavy (non-hydrogen) atoms. The fourth-order valence-corrected chi connectivity index (χ4v) is 5.09. The first-order valence-corrected chi connectivity index (χ1v) is 11.6. The first-order valence-electron chi connectivity index (χ1n) is 11.6. The monoisotopic (exact) mass is 493 g/mol. The van der Waals surface area contributed by atoms with Crippen LogP contribution in [0.25, 0.3) is 5.65 Å². The van der Waals surface area contributed by atoms with Gasteiger partial charge in [0, 0.05) is 29.9 Å². The molecule has 1 fully saturated rings. The van der Waals surface area contributed by atoms with Crippen LogP contribution in [0.5, 0.6) is 5.75 Å². The van der Waals surface area contributed by atoms with Crippen LogP contribution >= 0.6 is 0 Å². The fourth-order valence-electron chi connectivity index (χ4n) is 5.09. The van der Waals surface area contributed by atoms with Gasteiger partial charge in [0.2, 0.25) is 0 Å². The van der Waals surface area contributed by atoms with Crippen LogP contribution in [0.3, 0.4) is 0 Å². The van der Waals surface area contributed by atoms with Gasteiger partial charge in [-0.05, 0) is 56.2 Å². The van der Waals surface area contributed by atoms with E-state index in [1.54, 1.807) is 48.0 Å². The van der Waals surface area contributed by atoms with Gasteiger partial charge in [-0.3, -0.25) is 14.2 Å². The summed E-state index contributed by atoms with van der Waals surface area (Å²) in [7, 11) is 0. The van der Waals surface area contributed by atoms with Gasteiger partial charge in [-0.1, -0.05) is 12.1 Å². The highest BCUT2D eigenvalue weighted by atomic mass is 19.1. The second kappa shape index (κ2) is 9.40. The number of nitrogens with zero attached hydrogens (tertiary/aromatic N) is 3. The van der Waals surface area contributed by atoms with Gasteiger partial charge in [0.15, 0.2) is 17.2 Å². The lowest BCUT2D eigenvalue weighted by atomic mass is 9.77. The van der Waals surface area contributed by atoms with Crippen LogP contribution in [0.4, 0.5) is 8.78 Å². The summed E-state index contributed by atoms with van der Waals surface area (Å²) < 4.78 is 35.4. The number of Topliss-reactive ketones (excluding diaryl/α,β-unsaturated/α-hetero) is 1. The van der Waals surface area contributed by atoms with Crippen LogP contribution in [0, 0.1) is 18.6 Å². The van der Waals surface area contributed by atoms with Crippen LogP contribution in [0.15, 0.2) is 60.9 Å². The predicted molar refractivity (Wildman–Crippen MR) is 127 cm³/mol. The zero-order chi connectivity index (χ0) is 25.4. The molecule has 1 unspecified atom stereocenters. The maximum Gasteiger partial charge on any atom is 0.182 e. The van der Waals surface area contributed by atoms with Crippen molar-refractivity contribution in [2.45, 2.75) is 50.4 Å². The van der Waals surface area contributed by atoms with E-state index < -0.39 is 29.3 Å². The van der Waals surface area contributed by atoms with E-state index in [1.807, 2.05) is 6.07 Å². The molecule has 1 aromatic carbocycles. The number of halogens is 2. The third kappa shape index (κ3) is 4.25. The number of rotatable bonds is 7. The molecule has 0 aliphatic heterocycles. The highest BCUT2D eigenvalue weighted by molar-refractivity contribution is 5.97. The number of aliphatic hydroxyl groups is 2. The van der Waals surface area contributed by atoms with Crippen LogP contribution in [0.1, 0.15) is 46.7 Å². The minimum atomic E-state index is -0.957. The number of hydrogen-bond donors (Lipinski definition) is 2. The Balaban J connectivity index is 1.47. The minimum absolute atomic E-state index is 0.0122. The van der Waals surface area contributed by atoms with Crippen molar-refractivity contribution >= 4 is 11.4 Å². The molecule has 3 aromatic heterocycles. The second-order valence-electron chi connectivity index (χ2n) is 9.24. The minimum Gasteiger partial charge on any atom is -0.485 e. The molecular weight excluding hydrogens is 468 g/mol. The van der Waals surface area contributed by atoms with Gasteiger partial charge in [-0.15, -0.1) is 0 Å². The van der Waals surface area contributed by atoms with Gasteiger partial charge in [0.05, 0.1) is 23.5 Å². The summed E-state index contributed by atoms with van der Waals surface area (Å²) in [5.74, 6) is -1.38. The van der Waals surface area contributed by atoms with Crippen LogP contribution in [0.2, 0.25) is 0 Å². The summed E-state index contributed by atoms with van der Waals surface area (Å²) in [6.45, 7) is 1.36. The number of benzene rings is 1. The van der Waals surface area contributed by atoms with E-state index in [0.29, 0.717) is 22.7 Å². The third-order valence-corrected chi connectivity index (χ3v) is 6.84. The van der Waals surface area contributed by atoms with Crippen molar-refractivity contribution in [3.8, 4) is 5.75 Å². The average molecular weight is 494 g/mol. The standard InChI is InChI=1S/C27H25F2N3O4/c1-16-25(22(35)14-27(12-20(33)21(34)13-27)24-9-2-3-10-30-24)32-11-5-8-23(26(32)31-16)36-15-17-18(28)6-4-7-19(17)29/h2-11,20-21,33-34H,12-15H2,1H3/t20-,21+,27?. The van der Waals surface area contributed by atoms with E-state index in [1.165, 1.54) is 6.07 Å². The van der Waals surface area contributed by atoms with Gasteiger partial charge in [0.1, 0.15) is 23.9 Å². The lowest BCUT2D eigenvalue weighted by Crippen LogP contribution is -2.29. The molecule has 7 nitrogen and oxygen atoms in total. The smallest absolute Gasteiger partial charge is 0.182 e. The molecule has 4 aromatic rings. The Morgan fingerprint density at radius 2 is 1.81 bits per heavy atom. The number of aromatic nitrogens is 3. The maximum absolute atomic E-state index is 14.0. The number of imidazole rings is 1. The molecule has 3 heterocycles. The molecule has 1 saturated carbocycles. The Hall–Kier alpha value is -3.69. The Kier molecular flexibility index (Phi) is 6.27. The molecule has 0 bridgehead atoms. The van der Waals surface area contributed by atoms with E-state index in [4.69, 9.17) is 4.74 Å². The summed E-state index contributed by atoms with van der Waals surface area (Å²) in [5.41, 5.74) is 0.742. The van der Waals surface area contributed by atoms with E-state index in [9.17, 15) is 23.8 Å². The SMILES string of the molecule is Cc1nc2c(OCc3c(F)cccc3F)cccn2c1C(=O)CC1(c2ccccn2)C[C@@H](O)[C@@H](O)C1. The summed E-state index contributed by atoms with van der Waals surface area (Å²) in [4.78, 5) is 22.6. The van der Waals surface area contributed by atoms with Gasteiger partial charge < -0.3 is 14.9 Å². The van der Waals surface area contributed by atoms with Gasteiger partial charge in [0.25, 0.3) is 0 Å². The first-order chi connectivity index (χ1) is 17.3. The van der Waals surface area contributed by atoms with Gasteiger partial charge in [-0.25, -0.2) is 13.8 Å². The van der Waals surface area contributed by atoms with Gasteiger partial charge >= 0.3 is 0 Å². The number of hydrogen-bond acceptors (Lipinski definition) is 6. The lowest BCUT2D eigenvalue weighted by molar-refractivity contribution is 0.0438. The Morgan fingerprint density at radius 3 is 2.47 bits per heavy atom. The number of carbonyl (C=O) groups is 1. The highest BCUT2D eigenvalue weighted by Crippen LogP contribution is 2.44. The van der Waals surface area contributed by atoms with E-state index in [0.717, 1.165) is 12.1 Å². The molecule has 9 heteroatoms. The molecule has 0 spiro atoms. The Bertz CT molecular complexity index is 1390. The van der Waals surface area contributed by atoms with E-state index in [-0.39, 0.29) is 43.0 Å². The van der Waals surface area contributed by atoms with Crippen molar-refractivity contribution in [1.82, 2.24) is 14.4 Å². The van der Waals surface area contributed by atoms with Crippen molar-refractivity contribution in [3.05, 3.63) is 95.2 Å². The molecule has 0 saturated heterocycles. The number of fused-ring (bicyclic) bond motifs is 1. The molecule has 0 radical (unpaired) electrons. The highest BCUT2D eigenvalue weighted by Gasteiger charge is 2.48. The van der Waals surface area contributed by atoms with Crippen LogP contribution < -0.4 is 4.74 Å². The van der Waals surface area contributed by atoms with Crippen LogP contribution in [-0.2, 0) is 12.0 Å². The lowest BCUT2D eigenvalue weighted by Gasteiger charge is -2.27. The number of aryl methyl sites for hydroxylation is 1. The predicted octanol–water partition coefficient (Wildman–Crippen LogP) is 3.92. The number of carbonyl (C=O) groups excluding carboxylic acids is 1. The molecule has 3 atom stereocenters. The summed E-state index contributed by atoms with van der Waals surface area (Å²) in [6.07, 6.45) is 1.80. The number of ether oxygens (including phenoxy) is 1. The molecule has 2 N–H and O–H groups in total. The van der Waals surface area contributed by atoms with Crippen LogP contribution in [-0.4, -0.2) is 42.6 Å². The third-order valence-electron chi connectivity index (χ3n) is 6.84. The molecule has 1 aliphatic rings. The topological polar surface area (TPSA) is 97.0 Å². The summed E-state index contributed by atoms with van der Waals surface area (Å²) >= 11 is 0. The molecule has 5 rings (SSSR count). The second-order valence-corrected chi connectivity index (χ2v) is 9.24. The zero-order valence-corrected chi connectivity index (χ0v) is 19.6. The van der Waals surface area contributed by atoms with Crippen molar-refractivity contribution < 1.29 is 28.5 Å². The summed E-state index contributed by atoms with van der Waals surface area (Å²) in [5, 5.41) is 20.6. The average Bonchev–Trinajstić information content (AvgIpc) is 3.35. The molecular formula is C27H25F2N3O4. The van der Waals surface area contributed by atoms with E-state index in [2.05, 4.69) is 9.97 Å². The molecule has 0 amide bonds. The van der Waals surface area contributed by atoms with Crippen molar-refractivity contribution in [2.24, 2.45) is 0 Å². The maximum atomic E-state index is 14.0. The number of ketones is 1. The molecule has 186 valence electrons. The Labute approximate surface area is 206 Å². The van der Waals surface area contributed by atoms with Crippen molar-refractivity contribution in [2.75, 3.05) is 0 Å². The van der Waals surface area contributed by atoms with Crippen molar-refractivity contribution in [1.29, 1.82) is 0 Å². The molecule has 1 aliphatic carbocycles. The largest absolute Gasteiger partial charge is 0.485 e. The number of pyridine rings is 2. The Morgan fingerprint density at radius 1 is 1.08 bits per heavy atom. The van der Waals surface area contributed by atoms with Gasteiger partial charge in [-0.2, -0.15) is 0 Å². The quantitative estimate of drug-likeness (QED) is 0.379. The van der Waals surface area contributed by atoms with E-state index >= 15 is 0 Å². The van der Waals surface area contributed by atoms with Crippen molar-refractivity contribution in [3.63, 3.8) is 0 Å².